The predicted octanol–water partition coefficient (Wildman–Crippen LogP) is -8.91. The summed E-state index contributed by atoms with van der Waals surface area (Å²) in [7, 11) is -14.0. The second kappa shape index (κ2) is 16.3. The molecule has 1 atom stereocenters. The first-order chi connectivity index (χ1) is 17.9. The zero-order valence-corrected chi connectivity index (χ0v) is 31.5. The molecule has 1 aliphatic rings. The Balaban J connectivity index is 0.00000560. The molecule has 0 bridgehead atoms. The number of halogens is 1. The fourth-order valence-corrected chi connectivity index (χ4v) is 5.55. The third-order valence-electron chi connectivity index (χ3n) is 4.94. The first-order valence-corrected chi connectivity index (χ1v) is 15.0. The van der Waals surface area contributed by atoms with Gasteiger partial charge in [0.15, 0.2) is 15.9 Å². The zero-order chi connectivity index (χ0) is 29.3. The Morgan fingerprint density at radius 3 is 2.17 bits per heavy atom. The van der Waals surface area contributed by atoms with Crippen LogP contribution in [-0.4, -0.2) is 70.3 Å². The Hall–Kier alpha value is -0.330. The summed E-state index contributed by atoms with van der Waals surface area (Å²) >= 11 is 5.69. The number of anilines is 1. The molecule has 210 valence electrons. The van der Waals surface area contributed by atoms with E-state index in [4.69, 9.17) is 16.2 Å². The number of rotatable bonds is 10. The topological polar surface area (TPSA) is 252 Å². The van der Waals surface area contributed by atoms with Crippen molar-refractivity contribution in [3.05, 3.63) is 47.0 Å². The van der Waals surface area contributed by atoms with Crippen molar-refractivity contribution in [2.24, 2.45) is 15.3 Å². The van der Waals surface area contributed by atoms with Crippen LogP contribution in [-0.2, 0) is 39.3 Å². The summed E-state index contributed by atoms with van der Waals surface area (Å²) in [5, 5.41) is 22.8. The quantitative estimate of drug-likeness (QED) is 0.139. The van der Waals surface area contributed by atoms with Crippen LogP contribution in [0.2, 0.25) is 5.02 Å². The Morgan fingerprint density at radius 2 is 1.67 bits per heavy atom. The smallest absolute Gasteiger partial charge is 0.744 e. The van der Waals surface area contributed by atoms with E-state index >= 15 is 0 Å². The van der Waals surface area contributed by atoms with Crippen molar-refractivity contribution < 1.29 is 142 Å². The molecule has 1 amide bonds. The fourth-order valence-electron chi connectivity index (χ4n) is 3.13. The van der Waals surface area contributed by atoms with Crippen LogP contribution in [0.5, 0.6) is 0 Å². The Kier molecular flexibility index (Phi) is 16.2. The molecule has 0 fully saturated rings. The molecule has 2 aromatic carbocycles. The van der Waals surface area contributed by atoms with Gasteiger partial charge in [-0.05, 0) is 43.3 Å². The van der Waals surface area contributed by atoms with Crippen molar-refractivity contribution in [3.8, 4) is 0 Å². The van der Waals surface area contributed by atoms with E-state index in [2.05, 4.69) is 19.5 Å². The van der Waals surface area contributed by atoms with Gasteiger partial charge in [0.25, 0.3) is 5.91 Å². The third-order valence-corrected chi connectivity index (χ3v) is 8.28. The number of carboxylic acids is 1. The van der Waals surface area contributed by atoms with Gasteiger partial charge in [-0.3, -0.25) is 9.35 Å². The summed E-state index contributed by atoms with van der Waals surface area (Å²) < 4.78 is 93.1. The molecular formula is C19H15ClN4Na3O12S3+. The number of carbonyl (C=O) groups is 2. The molecule has 0 spiro atoms. The number of amides is 1. The van der Waals surface area contributed by atoms with Gasteiger partial charge in [0.2, 0.25) is 0 Å². The minimum atomic E-state index is -5.18. The van der Waals surface area contributed by atoms with E-state index in [9.17, 15) is 44.5 Å². The molecule has 1 heterocycles. The van der Waals surface area contributed by atoms with Crippen molar-refractivity contribution in [1.29, 1.82) is 0 Å². The second-order valence-electron chi connectivity index (χ2n) is 7.61. The Morgan fingerprint density at radius 1 is 1.10 bits per heavy atom. The van der Waals surface area contributed by atoms with E-state index in [0.717, 1.165) is 17.1 Å². The van der Waals surface area contributed by atoms with Gasteiger partial charge in [0.05, 0.1) is 44.5 Å². The van der Waals surface area contributed by atoms with Crippen LogP contribution in [0.15, 0.2) is 61.5 Å². The maximum atomic E-state index is 12.9. The van der Waals surface area contributed by atoms with Crippen molar-refractivity contribution in [3.63, 3.8) is 0 Å². The van der Waals surface area contributed by atoms with E-state index in [0.29, 0.717) is 12.1 Å². The molecule has 0 aliphatic carbocycles. The van der Waals surface area contributed by atoms with Gasteiger partial charge in [-0.2, -0.15) is 28.8 Å². The van der Waals surface area contributed by atoms with Crippen molar-refractivity contribution in [1.82, 2.24) is 0 Å². The van der Waals surface area contributed by atoms with Gasteiger partial charge < -0.3 is 14.5 Å². The first-order valence-electron chi connectivity index (χ1n) is 10.2. The van der Waals surface area contributed by atoms with Crippen LogP contribution in [0.3, 0.4) is 0 Å². The van der Waals surface area contributed by atoms with Gasteiger partial charge in [0, 0.05) is 5.56 Å². The summed E-state index contributed by atoms with van der Waals surface area (Å²) in [6.07, 6.45) is 0. The minimum Gasteiger partial charge on any atom is -0.744 e. The van der Waals surface area contributed by atoms with Crippen molar-refractivity contribution in [2.45, 2.75) is 22.8 Å². The normalized spacial score (nSPS) is 15.4. The number of hydrogen-bond acceptors (Lipinski definition) is 14. The number of carboxylic acid groups (broad SMARTS) is 1. The molecule has 42 heavy (non-hydrogen) atoms. The van der Waals surface area contributed by atoms with E-state index in [1.54, 1.807) is 0 Å². The van der Waals surface area contributed by atoms with Crippen LogP contribution in [0.25, 0.3) is 0 Å². The average molecular weight is 692 g/mol. The van der Waals surface area contributed by atoms with Crippen LogP contribution in [0.1, 0.15) is 17.3 Å². The van der Waals surface area contributed by atoms with Crippen molar-refractivity contribution >= 4 is 70.9 Å². The number of sulfone groups is 1. The molecule has 0 saturated heterocycles. The third kappa shape index (κ3) is 10.6. The predicted molar refractivity (Wildman–Crippen MR) is 129 cm³/mol. The van der Waals surface area contributed by atoms with E-state index in [-0.39, 0.29) is 105 Å². The standard InChI is InChI=1S/C19H17ClN4O12S3.3Na/c1-10-17(22-21-15-8-13(19(26)27)14(20)9-16(15)38(30,31)32)18(25)24(23-10)11-2-4-12(5-3-11)37(28,29)7-6-36-39(33,34)35;;;/h2-5,8-9,17H,6-7H2,1H3,(H,26,27)(H,30,31,32)(H,33,34,35);;;/q;3*+1/p-2. The summed E-state index contributed by atoms with van der Waals surface area (Å²) in [5.74, 6) is -3.38. The Bertz CT molecular complexity index is 1740. The summed E-state index contributed by atoms with van der Waals surface area (Å²) in [6.45, 7) is 0.534. The molecule has 0 radical (unpaired) electrons. The molecule has 0 aromatic heterocycles. The van der Waals surface area contributed by atoms with Gasteiger partial charge >= 0.3 is 99.1 Å². The fraction of sp³-hybridized carbons (Fsp3) is 0.211. The van der Waals surface area contributed by atoms with Crippen molar-refractivity contribution in [2.75, 3.05) is 17.4 Å². The van der Waals surface area contributed by atoms with E-state index in [1.807, 2.05) is 0 Å². The number of nitrogens with zero attached hydrogens (tertiary/aromatic N) is 4. The first kappa shape index (κ1) is 41.7. The van der Waals surface area contributed by atoms with Crippen LogP contribution < -0.4 is 98.8 Å². The molecule has 2 aromatic rings. The number of azo groups is 1. The average Bonchev–Trinajstić information content (AvgIpc) is 3.09. The molecule has 1 unspecified atom stereocenters. The maximum absolute atomic E-state index is 12.9. The maximum Gasteiger partial charge on any atom is 1.00 e. The molecule has 16 nitrogen and oxygen atoms in total. The zero-order valence-electron chi connectivity index (χ0n) is 22.3. The number of hydrazone groups is 1. The van der Waals surface area contributed by atoms with Crippen LogP contribution in [0.4, 0.5) is 11.4 Å². The molecule has 1 N–H and O–H groups in total. The van der Waals surface area contributed by atoms with E-state index in [1.165, 1.54) is 19.1 Å². The number of hydrogen-bond donors (Lipinski definition) is 1. The molecule has 23 heteroatoms. The second-order valence-corrected chi connectivity index (χ2v) is 12.6. The summed E-state index contributed by atoms with van der Waals surface area (Å²) in [4.78, 5) is 22.9. The SMILES string of the molecule is CC1=NN(c2ccc(S(=O)(=O)CCOS(=O)(=O)O)cc2)C(=O)C1N=Nc1cc(C(=O)[O-])c(Cl)cc1S(=O)(=O)[O-].[Na+].[Na+].[Na+]. The molecule has 0 saturated carbocycles. The molecule has 1 aliphatic heterocycles. The molecule has 3 rings (SSSR count). The largest absolute Gasteiger partial charge is 1.00 e. The van der Waals surface area contributed by atoms with Gasteiger partial charge in [0.1, 0.15) is 15.8 Å². The minimum absolute atomic E-state index is 0. The van der Waals surface area contributed by atoms with Crippen LogP contribution >= 0.6 is 11.6 Å². The van der Waals surface area contributed by atoms with Gasteiger partial charge in [-0.1, -0.05) is 11.6 Å². The summed E-state index contributed by atoms with van der Waals surface area (Å²) in [5.41, 5.74) is -1.25. The molecular weight excluding hydrogens is 677 g/mol. The van der Waals surface area contributed by atoms with Gasteiger partial charge in [-0.15, -0.1) is 0 Å². The van der Waals surface area contributed by atoms with Gasteiger partial charge in [-0.25, -0.2) is 21.0 Å². The monoisotopic (exact) mass is 691 g/mol. The number of carbonyl (C=O) groups excluding carboxylic acids is 2. The summed E-state index contributed by atoms with van der Waals surface area (Å²) in [6, 6.07) is 4.41. The number of benzene rings is 2. The number of aromatic carboxylic acids is 1. The van der Waals surface area contributed by atoms with E-state index < -0.39 is 81.8 Å². The van der Waals surface area contributed by atoms with Crippen LogP contribution in [0, 0.1) is 0 Å². The Labute approximate surface area is 311 Å².